The third-order valence-corrected chi connectivity index (χ3v) is 2.69. The maximum Gasteiger partial charge on any atom is 0.417 e. The SMILES string of the molecule is O=C(O)c1ccc(C(F)(F)F)c(C#Cc2ccccc2)c1. The van der Waals surface area contributed by atoms with E-state index in [0.29, 0.717) is 5.56 Å². The van der Waals surface area contributed by atoms with Gasteiger partial charge in [-0.15, -0.1) is 0 Å². The van der Waals surface area contributed by atoms with Gasteiger partial charge in [0.05, 0.1) is 11.1 Å². The van der Waals surface area contributed by atoms with Gasteiger partial charge in [-0.1, -0.05) is 30.0 Å². The quantitative estimate of drug-likeness (QED) is 0.811. The van der Waals surface area contributed by atoms with Crippen LogP contribution in [0, 0.1) is 11.8 Å². The molecule has 0 atom stereocenters. The molecule has 0 aliphatic carbocycles. The highest BCUT2D eigenvalue weighted by molar-refractivity contribution is 5.88. The van der Waals surface area contributed by atoms with Crippen LogP contribution in [0.1, 0.15) is 27.0 Å². The standard InChI is InChI=1S/C16H9F3O2/c17-16(18,19)14-9-8-13(15(20)21)10-12(14)7-6-11-4-2-1-3-5-11/h1-5,8-10H,(H,20,21). The second-order valence-corrected chi connectivity index (χ2v) is 4.18. The first kappa shape index (κ1) is 14.7. The molecule has 0 unspecified atom stereocenters. The van der Waals surface area contributed by atoms with Crippen LogP contribution in [0.25, 0.3) is 0 Å². The summed E-state index contributed by atoms with van der Waals surface area (Å²) in [6, 6.07) is 11.1. The molecule has 0 spiro atoms. The minimum Gasteiger partial charge on any atom is -0.478 e. The van der Waals surface area contributed by atoms with Crippen molar-refractivity contribution in [3.63, 3.8) is 0 Å². The van der Waals surface area contributed by atoms with E-state index in [0.717, 1.165) is 18.2 Å². The summed E-state index contributed by atoms with van der Waals surface area (Å²) in [7, 11) is 0. The van der Waals surface area contributed by atoms with Gasteiger partial charge in [0.15, 0.2) is 0 Å². The molecule has 2 rings (SSSR count). The maximum absolute atomic E-state index is 12.9. The van der Waals surface area contributed by atoms with Gasteiger partial charge in [-0.2, -0.15) is 13.2 Å². The van der Waals surface area contributed by atoms with Gasteiger partial charge >= 0.3 is 12.1 Å². The molecule has 0 aliphatic heterocycles. The lowest BCUT2D eigenvalue weighted by Gasteiger charge is -2.09. The smallest absolute Gasteiger partial charge is 0.417 e. The molecule has 5 heteroatoms. The fraction of sp³-hybridized carbons (Fsp3) is 0.0625. The largest absolute Gasteiger partial charge is 0.478 e. The Morgan fingerprint density at radius 2 is 1.67 bits per heavy atom. The zero-order valence-electron chi connectivity index (χ0n) is 10.6. The van der Waals surface area contributed by atoms with Gasteiger partial charge in [0.2, 0.25) is 0 Å². The fourth-order valence-corrected chi connectivity index (χ4v) is 1.69. The van der Waals surface area contributed by atoms with Gasteiger partial charge in [-0.05, 0) is 30.3 Å². The molecule has 0 aliphatic rings. The second-order valence-electron chi connectivity index (χ2n) is 4.18. The van der Waals surface area contributed by atoms with Crippen molar-refractivity contribution in [2.45, 2.75) is 6.18 Å². The molecule has 0 amide bonds. The van der Waals surface area contributed by atoms with E-state index >= 15 is 0 Å². The van der Waals surface area contributed by atoms with Crippen molar-refractivity contribution >= 4 is 5.97 Å². The van der Waals surface area contributed by atoms with E-state index in [1.807, 2.05) is 0 Å². The molecule has 2 nitrogen and oxygen atoms in total. The van der Waals surface area contributed by atoms with Gasteiger partial charge in [0, 0.05) is 11.1 Å². The summed E-state index contributed by atoms with van der Waals surface area (Å²) in [6.07, 6.45) is -4.59. The summed E-state index contributed by atoms with van der Waals surface area (Å²) in [6.45, 7) is 0. The van der Waals surface area contributed by atoms with E-state index in [4.69, 9.17) is 5.11 Å². The minimum absolute atomic E-state index is 0.236. The zero-order chi connectivity index (χ0) is 15.5. The van der Waals surface area contributed by atoms with E-state index in [1.165, 1.54) is 0 Å². The number of alkyl halides is 3. The monoisotopic (exact) mass is 290 g/mol. The van der Waals surface area contributed by atoms with Gasteiger partial charge in [0.1, 0.15) is 0 Å². The summed E-state index contributed by atoms with van der Waals surface area (Å²) < 4.78 is 38.7. The number of carboxylic acids is 1. The van der Waals surface area contributed by atoms with Crippen LogP contribution in [0.5, 0.6) is 0 Å². The van der Waals surface area contributed by atoms with E-state index < -0.39 is 17.7 Å². The lowest BCUT2D eigenvalue weighted by Crippen LogP contribution is -2.09. The van der Waals surface area contributed by atoms with Gasteiger partial charge in [-0.3, -0.25) is 0 Å². The van der Waals surface area contributed by atoms with Crippen LogP contribution in [0.2, 0.25) is 0 Å². The van der Waals surface area contributed by atoms with Gasteiger partial charge < -0.3 is 5.11 Å². The first-order valence-electron chi connectivity index (χ1n) is 5.89. The lowest BCUT2D eigenvalue weighted by atomic mass is 10.0. The summed E-state index contributed by atoms with van der Waals surface area (Å²) >= 11 is 0. The molecular weight excluding hydrogens is 281 g/mol. The Kier molecular flexibility index (Phi) is 3.99. The highest BCUT2D eigenvalue weighted by Crippen LogP contribution is 2.32. The van der Waals surface area contributed by atoms with E-state index in [1.54, 1.807) is 30.3 Å². The van der Waals surface area contributed by atoms with Crippen molar-refractivity contribution in [1.82, 2.24) is 0 Å². The first-order chi connectivity index (χ1) is 9.88. The molecule has 0 bridgehead atoms. The average Bonchev–Trinajstić information content (AvgIpc) is 2.45. The molecular formula is C16H9F3O2. The summed E-state index contributed by atoms with van der Waals surface area (Å²) in [5.74, 6) is 3.70. The van der Waals surface area contributed by atoms with Crippen LogP contribution in [-0.4, -0.2) is 11.1 Å². The molecule has 106 valence electrons. The molecule has 0 heterocycles. The summed E-state index contributed by atoms with van der Waals surface area (Å²) in [5, 5.41) is 8.86. The van der Waals surface area contributed by atoms with Crippen molar-refractivity contribution in [1.29, 1.82) is 0 Å². The Labute approximate surface area is 118 Å². The normalized spacial score (nSPS) is 10.6. The van der Waals surface area contributed by atoms with Gasteiger partial charge in [0.25, 0.3) is 0 Å². The predicted molar refractivity (Wildman–Crippen MR) is 70.8 cm³/mol. The number of carboxylic acid groups (broad SMARTS) is 1. The molecule has 0 radical (unpaired) electrons. The van der Waals surface area contributed by atoms with Crippen molar-refractivity contribution < 1.29 is 23.1 Å². The molecule has 2 aromatic rings. The number of aromatic carboxylic acids is 1. The number of hydrogen-bond donors (Lipinski definition) is 1. The van der Waals surface area contributed by atoms with E-state index in [2.05, 4.69) is 11.8 Å². The average molecular weight is 290 g/mol. The molecule has 21 heavy (non-hydrogen) atoms. The Morgan fingerprint density at radius 3 is 2.24 bits per heavy atom. The fourth-order valence-electron chi connectivity index (χ4n) is 1.69. The Hall–Kier alpha value is -2.74. The highest BCUT2D eigenvalue weighted by Gasteiger charge is 2.33. The Morgan fingerprint density at radius 1 is 1.00 bits per heavy atom. The third kappa shape index (κ3) is 3.63. The number of halogens is 3. The zero-order valence-corrected chi connectivity index (χ0v) is 10.6. The third-order valence-electron chi connectivity index (χ3n) is 2.69. The molecule has 0 fully saturated rings. The highest BCUT2D eigenvalue weighted by atomic mass is 19.4. The predicted octanol–water partition coefficient (Wildman–Crippen LogP) is 3.80. The minimum atomic E-state index is -4.59. The molecule has 2 aromatic carbocycles. The second kappa shape index (κ2) is 5.71. The van der Waals surface area contributed by atoms with Crippen LogP contribution in [-0.2, 0) is 6.18 Å². The van der Waals surface area contributed by atoms with E-state index in [-0.39, 0.29) is 11.1 Å². The number of benzene rings is 2. The topological polar surface area (TPSA) is 37.3 Å². The summed E-state index contributed by atoms with van der Waals surface area (Å²) in [4.78, 5) is 10.9. The maximum atomic E-state index is 12.9. The van der Waals surface area contributed by atoms with Crippen LogP contribution in [0.15, 0.2) is 48.5 Å². The number of rotatable bonds is 1. The molecule has 0 aromatic heterocycles. The first-order valence-corrected chi connectivity index (χ1v) is 5.89. The molecule has 0 saturated carbocycles. The van der Waals surface area contributed by atoms with Crippen LogP contribution < -0.4 is 0 Å². The Balaban J connectivity index is 2.52. The Bertz CT molecular complexity index is 723. The van der Waals surface area contributed by atoms with Crippen LogP contribution >= 0.6 is 0 Å². The van der Waals surface area contributed by atoms with Crippen LogP contribution in [0.3, 0.4) is 0 Å². The van der Waals surface area contributed by atoms with Crippen LogP contribution in [0.4, 0.5) is 13.2 Å². The van der Waals surface area contributed by atoms with E-state index in [9.17, 15) is 18.0 Å². The number of carbonyl (C=O) groups is 1. The lowest BCUT2D eigenvalue weighted by molar-refractivity contribution is -0.137. The van der Waals surface area contributed by atoms with Crippen molar-refractivity contribution in [2.75, 3.05) is 0 Å². The van der Waals surface area contributed by atoms with Crippen molar-refractivity contribution in [3.05, 3.63) is 70.8 Å². The number of hydrogen-bond acceptors (Lipinski definition) is 1. The van der Waals surface area contributed by atoms with Crippen molar-refractivity contribution in [2.24, 2.45) is 0 Å². The summed E-state index contributed by atoms with van der Waals surface area (Å²) in [5.41, 5.74) is -0.992. The molecule has 1 N–H and O–H groups in total. The molecule has 0 saturated heterocycles. The van der Waals surface area contributed by atoms with Crippen molar-refractivity contribution in [3.8, 4) is 11.8 Å². The van der Waals surface area contributed by atoms with Gasteiger partial charge in [-0.25, -0.2) is 4.79 Å².